The monoisotopic (exact) mass is 218 g/mol. The van der Waals surface area contributed by atoms with E-state index in [9.17, 15) is 0 Å². The van der Waals surface area contributed by atoms with Crippen LogP contribution in [0.25, 0.3) is 0 Å². The molecule has 0 radical (unpaired) electrons. The number of hydrogen-bond acceptors (Lipinski definition) is 2. The first-order chi connectivity index (χ1) is 7.77. The molecule has 16 heavy (non-hydrogen) atoms. The number of benzene rings is 1. The summed E-state index contributed by atoms with van der Waals surface area (Å²) in [4.78, 5) is 0. The normalized spacial score (nSPS) is 14.4. The summed E-state index contributed by atoms with van der Waals surface area (Å²) in [7, 11) is 0. The van der Waals surface area contributed by atoms with Gasteiger partial charge < -0.3 is 10.6 Å². The molecule has 1 aliphatic rings. The van der Waals surface area contributed by atoms with E-state index in [2.05, 4.69) is 42.7 Å². The van der Waals surface area contributed by atoms with Crippen molar-refractivity contribution in [2.24, 2.45) is 0 Å². The lowest BCUT2D eigenvalue weighted by Gasteiger charge is -2.10. The standard InChI is InChI=1S/C14H22N2/c1-11(2)16-8-4-7-12-5-3-6-13-9-15-10-14(12)13/h3,5-6,11,15-16H,4,7-10H2,1-2H3. The van der Waals surface area contributed by atoms with E-state index in [4.69, 9.17) is 0 Å². The van der Waals surface area contributed by atoms with Gasteiger partial charge in [-0.05, 0) is 36.1 Å². The minimum absolute atomic E-state index is 0.600. The van der Waals surface area contributed by atoms with Gasteiger partial charge in [-0.2, -0.15) is 0 Å². The summed E-state index contributed by atoms with van der Waals surface area (Å²) in [5.74, 6) is 0. The molecule has 2 rings (SSSR count). The van der Waals surface area contributed by atoms with Gasteiger partial charge in [-0.1, -0.05) is 32.0 Å². The van der Waals surface area contributed by atoms with Crippen LogP contribution in [0.5, 0.6) is 0 Å². The largest absolute Gasteiger partial charge is 0.315 e. The summed E-state index contributed by atoms with van der Waals surface area (Å²) in [6.45, 7) is 7.62. The lowest BCUT2D eigenvalue weighted by atomic mass is 10.00. The Labute approximate surface area is 98.4 Å². The van der Waals surface area contributed by atoms with Gasteiger partial charge in [0, 0.05) is 19.1 Å². The molecule has 2 N–H and O–H groups in total. The Bertz CT molecular complexity index is 345. The molecule has 1 aliphatic heterocycles. The molecule has 1 heterocycles. The van der Waals surface area contributed by atoms with Crippen LogP contribution in [-0.2, 0) is 19.5 Å². The summed E-state index contributed by atoms with van der Waals surface area (Å²) >= 11 is 0. The maximum atomic E-state index is 3.47. The lowest BCUT2D eigenvalue weighted by molar-refractivity contribution is 0.570. The number of rotatable bonds is 5. The minimum atomic E-state index is 0.600. The summed E-state index contributed by atoms with van der Waals surface area (Å²) in [5.41, 5.74) is 4.58. The number of fused-ring (bicyclic) bond motifs is 1. The van der Waals surface area contributed by atoms with Crippen molar-refractivity contribution in [3.05, 3.63) is 34.9 Å². The molecule has 0 saturated heterocycles. The summed E-state index contributed by atoms with van der Waals surface area (Å²) in [6.07, 6.45) is 2.43. The van der Waals surface area contributed by atoms with Gasteiger partial charge in [0.05, 0.1) is 0 Å². The second kappa shape index (κ2) is 5.46. The van der Waals surface area contributed by atoms with Gasteiger partial charge in [-0.15, -0.1) is 0 Å². The second-order valence-corrected chi connectivity index (χ2v) is 4.87. The molecule has 0 atom stereocenters. The highest BCUT2D eigenvalue weighted by molar-refractivity contribution is 5.37. The van der Waals surface area contributed by atoms with Crippen molar-refractivity contribution in [3.63, 3.8) is 0 Å². The molecule has 0 amide bonds. The fraction of sp³-hybridized carbons (Fsp3) is 0.571. The Hall–Kier alpha value is -0.860. The number of hydrogen-bond donors (Lipinski definition) is 2. The zero-order valence-corrected chi connectivity index (χ0v) is 10.3. The molecule has 88 valence electrons. The Morgan fingerprint density at radius 3 is 3.00 bits per heavy atom. The van der Waals surface area contributed by atoms with Crippen molar-refractivity contribution < 1.29 is 0 Å². The fourth-order valence-corrected chi connectivity index (χ4v) is 2.31. The quantitative estimate of drug-likeness (QED) is 0.741. The van der Waals surface area contributed by atoms with Gasteiger partial charge in [-0.3, -0.25) is 0 Å². The van der Waals surface area contributed by atoms with Crippen LogP contribution in [-0.4, -0.2) is 12.6 Å². The third-order valence-corrected chi connectivity index (χ3v) is 3.16. The second-order valence-electron chi connectivity index (χ2n) is 4.87. The molecule has 0 spiro atoms. The summed E-state index contributed by atoms with van der Waals surface area (Å²) in [6, 6.07) is 7.31. The molecule has 0 aromatic heterocycles. The van der Waals surface area contributed by atoms with Crippen molar-refractivity contribution >= 4 is 0 Å². The van der Waals surface area contributed by atoms with E-state index < -0.39 is 0 Å². The molecule has 1 aromatic carbocycles. The predicted molar refractivity (Wildman–Crippen MR) is 68.4 cm³/mol. The molecular formula is C14H22N2. The van der Waals surface area contributed by atoms with Crippen LogP contribution in [0.4, 0.5) is 0 Å². The summed E-state index contributed by atoms with van der Waals surface area (Å²) in [5, 5.41) is 6.89. The fourth-order valence-electron chi connectivity index (χ4n) is 2.31. The zero-order chi connectivity index (χ0) is 11.4. The molecule has 0 bridgehead atoms. The van der Waals surface area contributed by atoms with Crippen molar-refractivity contribution in [1.29, 1.82) is 0 Å². The first kappa shape index (κ1) is 11.6. The molecule has 2 nitrogen and oxygen atoms in total. The van der Waals surface area contributed by atoms with E-state index >= 15 is 0 Å². The van der Waals surface area contributed by atoms with Gasteiger partial charge in [0.25, 0.3) is 0 Å². The van der Waals surface area contributed by atoms with Crippen LogP contribution in [0.3, 0.4) is 0 Å². The number of nitrogens with one attached hydrogen (secondary N) is 2. The Morgan fingerprint density at radius 1 is 1.31 bits per heavy atom. The lowest BCUT2D eigenvalue weighted by Crippen LogP contribution is -2.24. The van der Waals surface area contributed by atoms with Gasteiger partial charge in [0.1, 0.15) is 0 Å². The zero-order valence-electron chi connectivity index (χ0n) is 10.3. The Balaban J connectivity index is 1.88. The van der Waals surface area contributed by atoms with E-state index in [-0.39, 0.29) is 0 Å². The van der Waals surface area contributed by atoms with Gasteiger partial charge >= 0.3 is 0 Å². The van der Waals surface area contributed by atoms with Crippen molar-refractivity contribution in [2.45, 2.75) is 45.8 Å². The SMILES string of the molecule is CC(C)NCCCc1cccc2c1CNC2. The number of aryl methyl sites for hydroxylation is 1. The highest BCUT2D eigenvalue weighted by Crippen LogP contribution is 2.20. The Kier molecular flexibility index (Phi) is 3.97. The summed E-state index contributed by atoms with van der Waals surface area (Å²) < 4.78 is 0. The van der Waals surface area contributed by atoms with E-state index in [0.29, 0.717) is 6.04 Å². The highest BCUT2D eigenvalue weighted by Gasteiger charge is 2.12. The van der Waals surface area contributed by atoms with Crippen molar-refractivity contribution in [3.8, 4) is 0 Å². The van der Waals surface area contributed by atoms with Crippen molar-refractivity contribution in [2.75, 3.05) is 6.54 Å². The van der Waals surface area contributed by atoms with Crippen LogP contribution in [0.15, 0.2) is 18.2 Å². The first-order valence-electron chi connectivity index (χ1n) is 6.31. The average Bonchev–Trinajstić information content (AvgIpc) is 2.72. The van der Waals surface area contributed by atoms with E-state index in [1.54, 1.807) is 5.56 Å². The highest BCUT2D eigenvalue weighted by atomic mass is 14.9. The molecule has 0 aliphatic carbocycles. The molecular weight excluding hydrogens is 196 g/mol. The van der Waals surface area contributed by atoms with Gasteiger partial charge in [-0.25, -0.2) is 0 Å². The van der Waals surface area contributed by atoms with Crippen LogP contribution in [0, 0.1) is 0 Å². The van der Waals surface area contributed by atoms with Crippen LogP contribution >= 0.6 is 0 Å². The van der Waals surface area contributed by atoms with E-state index in [0.717, 1.165) is 19.6 Å². The average molecular weight is 218 g/mol. The first-order valence-corrected chi connectivity index (χ1v) is 6.31. The maximum Gasteiger partial charge on any atom is 0.0214 e. The van der Waals surface area contributed by atoms with Crippen LogP contribution in [0.1, 0.15) is 37.0 Å². The minimum Gasteiger partial charge on any atom is -0.315 e. The van der Waals surface area contributed by atoms with Crippen LogP contribution < -0.4 is 10.6 Å². The third-order valence-electron chi connectivity index (χ3n) is 3.16. The smallest absolute Gasteiger partial charge is 0.0214 e. The molecule has 0 saturated carbocycles. The Morgan fingerprint density at radius 2 is 2.19 bits per heavy atom. The molecule has 0 unspecified atom stereocenters. The topological polar surface area (TPSA) is 24.1 Å². The molecule has 0 fully saturated rings. The predicted octanol–water partition coefficient (Wildman–Crippen LogP) is 2.22. The van der Waals surface area contributed by atoms with Gasteiger partial charge in [0.2, 0.25) is 0 Å². The maximum absolute atomic E-state index is 3.47. The van der Waals surface area contributed by atoms with Gasteiger partial charge in [0.15, 0.2) is 0 Å². The third kappa shape index (κ3) is 2.83. The van der Waals surface area contributed by atoms with E-state index in [1.807, 2.05) is 0 Å². The van der Waals surface area contributed by atoms with E-state index in [1.165, 1.54) is 24.0 Å². The van der Waals surface area contributed by atoms with Crippen LogP contribution in [0.2, 0.25) is 0 Å². The molecule has 2 heteroatoms. The molecule has 1 aromatic rings. The van der Waals surface area contributed by atoms with Crippen molar-refractivity contribution in [1.82, 2.24) is 10.6 Å².